The Balaban J connectivity index is 1.52. The Kier molecular flexibility index (Phi) is 8.39. The van der Waals surface area contributed by atoms with Crippen molar-refractivity contribution in [3.8, 4) is 0 Å². The first-order valence-electron chi connectivity index (χ1n) is 12.6. The van der Waals surface area contributed by atoms with Gasteiger partial charge in [-0.15, -0.1) is 0 Å². The van der Waals surface area contributed by atoms with E-state index in [0.29, 0.717) is 35.0 Å². The molecule has 0 spiro atoms. The van der Waals surface area contributed by atoms with Gasteiger partial charge in [0.15, 0.2) is 0 Å². The zero-order valence-electron chi connectivity index (χ0n) is 21.1. The molecule has 3 aromatic rings. The normalized spacial score (nSPS) is 14.5. The third-order valence-electron chi connectivity index (χ3n) is 6.67. The Hall–Kier alpha value is -3.10. The summed E-state index contributed by atoms with van der Waals surface area (Å²) in [5.41, 5.74) is 1.39. The molecule has 196 valence electrons. The fourth-order valence-corrected chi connectivity index (χ4v) is 6.76. The van der Waals surface area contributed by atoms with E-state index in [1.165, 1.54) is 4.31 Å². The van der Waals surface area contributed by atoms with Crippen molar-refractivity contribution >= 4 is 49.9 Å². The van der Waals surface area contributed by atoms with Crippen LogP contribution in [0.2, 0.25) is 5.02 Å². The second kappa shape index (κ2) is 11.5. The lowest BCUT2D eigenvalue weighted by Gasteiger charge is -2.31. The third kappa shape index (κ3) is 5.45. The summed E-state index contributed by atoms with van der Waals surface area (Å²) in [4.78, 5) is 28.3. The topological polar surface area (TPSA) is 86.8 Å². The molecule has 0 unspecified atom stereocenters. The van der Waals surface area contributed by atoms with Gasteiger partial charge < -0.3 is 10.2 Å². The molecule has 3 aromatic carbocycles. The van der Waals surface area contributed by atoms with Crippen molar-refractivity contribution < 1.29 is 18.0 Å². The van der Waals surface area contributed by atoms with E-state index in [9.17, 15) is 18.0 Å². The van der Waals surface area contributed by atoms with Crippen LogP contribution in [-0.4, -0.2) is 44.3 Å². The minimum atomic E-state index is -3.69. The molecule has 2 amide bonds. The molecule has 0 aromatic heterocycles. The summed E-state index contributed by atoms with van der Waals surface area (Å²) < 4.78 is 27.9. The zero-order chi connectivity index (χ0) is 26.6. The highest BCUT2D eigenvalue weighted by atomic mass is 35.5. The highest BCUT2D eigenvalue weighted by Gasteiger charge is 2.35. The number of hydrogen-bond acceptors (Lipinski definition) is 4. The molecule has 9 heteroatoms. The van der Waals surface area contributed by atoms with E-state index in [2.05, 4.69) is 5.32 Å². The molecule has 0 saturated heterocycles. The zero-order valence-corrected chi connectivity index (χ0v) is 22.7. The van der Waals surface area contributed by atoms with Gasteiger partial charge in [-0.2, -0.15) is 0 Å². The number of sulfonamides is 1. The van der Waals surface area contributed by atoms with Gasteiger partial charge in [0.05, 0.1) is 10.6 Å². The summed E-state index contributed by atoms with van der Waals surface area (Å²) in [5.74, 6) is -0.417. The number of anilines is 1. The van der Waals surface area contributed by atoms with Gasteiger partial charge in [-0.1, -0.05) is 67.9 Å². The highest BCUT2D eigenvalue weighted by Crippen LogP contribution is 2.42. The summed E-state index contributed by atoms with van der Waals surface area (Å²) in [6, 6.07) is 17.4. The van der Waals surface area contributed by atoms with Gasteiger partial charge in [0, 0.05) is 36.5 Å². The average molecular weight is 542 g/mol. The first-order valence-corrected chi connectivity index (χ1v) is 14.5. The maximum absolute atomic E-state index is 13.5. The average Bonchev–Trinajstić information content (AvgIpc) is 3.11. The van der Waals surface area contributed by atoms with Gasteiger partial charge in [0.1, 0.15) is 6.04 Å². The van der Waals surface area contributed by atoms with Gasteiger partial charge in [-0.05, 0) is 48.4 Å². The van der Waals surface area contributed by atoms with E-state index in [0.717, 1.165) is 22.8 Å². The number of carbonyl (C=O) groups excluding carboxylic acids is 2. The second-order valence-electron chi connectivity index (χ2n) is 9.14. The summed E-state index contributed by atoms with van der Waals surface area (Å²) in [7, 11) is -3.69. The summed E-state index contributed by atoms with van der Waals surface area (Å²) in [6.07, 6.45) is 1.65. The Morgan fingerprint density at radius 1 is 1.03 bits per heavy atom. The lowest BCUT2D eigenvalue weighted by Crippen LogP contribution is -2.49. The second-order valence-corrected chi connectivity index (χ2v) is 11.4. The Morgan fingerprint density at radius 2 is 1.76 bits per heavy atom. The van der Waals surface area contributed by atoms with E-state index >= 15 is 0 Å². The van der Waals surface area contributed by atoms with Crippen LogP contribution < -0.4 is 9.62 Å². The maximum Gasteiger partial charge on any atom is 0.265 e. The van der Waals surface area contributed by atoms with Gasteiger partial charge in [-0.25, -0.2) is 8.42 Å². The molecule has 0 saturated carbocycles. The van der Waals surface area contributed by atoms with Crippen molar-refractivity contribution in [3.63, 3.8) is 0 Å². The largest absolute Gasteiger partial charge is 0.354 e. The molecule has 0 fully saturated rings. The molecule has 37 heavy (non-hydrogen) atoms. The number of nitrogens with zero attached hydrogens (tertiary/aromatic N) is 2. The SMILES string of the molecule is CCCNC(=O)[C@@H](CC)N(Cc1ccccc1Cl)C(=O)CCCN1c2cccc3cccc(c23)S1(=O)=O. The monoisotopic (exact) mass is 541 g/mol. The number of carbonyl (C=O) groups is 2. The van der Waals surface area contributed by atoms with Crippen LogP contribution in [0.15, 0.2) is 65.6 Å². The van der Waals surface area contributed by atoms with Crippen LogP contribution in [0, 0.1) is 0 Å². The van der Waals surface area contributed by atoms with Crippen LogP contribution in [0.1, 0.15) is 45.1 Å². The van der Waals surface area contributed by atoms with Gasteiger partial charge in [0.2, 0.25) is 11.8 Å². The fraction of sp³-hybridized carbons (Fsp3) is 0.357. The minimum Gasteiger partial charge on any atom is -0.354 e. The minimum absolute atomic E-state index is 0.0976. The quantitative estimate of drug-likeness (QED) is 0.365. The molecule has 7 nitrogen and oxygen atoms in total. The van der Waals surface area contributed by atoms with Crippen molar-refractivity contribution in [3.05, 3.63) is 71.2 Å². The number of hydrogen-bond donors (Lipinski definition) is 1. The van der Waals surface area contributed by atoms with Crippen LogP contribution in [0.25, 0.3) is 10.8 Å². The number of halogens is 1. The molecule has 4 rings (SSSR count). The summed E-state index contributed by atoms with van der Waals surface area (Å²) in [6.45, 7) is 4.74. The molecule has 1 aliphatic heterocycles. The van der Waals surface area contributed by atoms with Crippen LogP contribution in [-0.2, 0) is 26.2 Å². The van der Waals surface area contributed by atoms with E-state index in [1.54, 1.807) is 29.2 Å². The fourth-order valence-electron chi connectivity index (χ4n) is 4.81. The lowest BCUT2D eigenvalue weighted by molar-refractivity contribution is -0.141. The van der Waals surface area contributed by atoms with Gasteiger partial charge in [-0.3, -0.25) is 13.9 Å². The first kappa shape index (κ1) is 26.9. The molecular formula is C28H32ClN3O4S. The molecule has 0 bridgehead atoms. The molecule has 0 aliphatic carbocycles. The molecule has 1 N–H and O–H groups in total. The predicted octanol–water partition coefficient (Wildman–Crippen LogP) is 5.12. The van der Waals surface area contributed by atoms with Crippen LogP contribution in [0.4, 0.5) is 5.69 Å². The van der Waals surface area contributed by atoms with Crippen molar-refractivity contribution in [2.75, 3.05) is 17.4 Å². The first-order chi connectivity index (χ1) is 17.8. The third-order valence-corrected chi connectivity index (χ3v) is 8.89. The lowest BCUT2D eigenvalue weighted by atomic mass is 10.1. The molecule has 1 heterocycles. The smallest absolute Gasteiger partial charge is 0.265 e. The number of amides is 2. The Labute approximate surface area is 223 Å². The van der Waals surface area contributed by atoms with Crippen LogP contribution in [0.3, 0.4) is 0 Å². The van der Waals surface area contributed by atoms with E-state index in [-0.39, 0.29) is 31.3 Å². The van der Waals surface area contributed by atoms with E-state index in [1.807, 2.05) is 50.2 Å². The number of benzene rings is 3. The van der Waals surface area contributed by atoms with Crippen molar-refractivity contribution in [1.29, 1.82) is 0 Å². The van der Waals surface area contributed by atoms with E-state index in [4.69, 9.17) is 11.6 Å². The van der Waals surface area contributed by atoms with Crippen LogP contribution >= 0.6 is 11.6 Å². The Morgan fingerprint density at radius 3 is 2.46 bits per heavy atom. The van der Waals surface area contributed by atoms with E-state index < -0.39 is 16.1 Å². The maximum atomic E-state index is 13.5. The molecular weight excluding hydrogens is 510 g/mol. The van der Waals surface area contributed by atoms with Crippen molar-refractivity contribution in [2.24, 2.45) is 0 Å². The highest BCUT2D eigenvalue weighted by molar-refractivity contribution is 7.93. The van der Waals surface area contributed by atoms with Gasteiger partial charge in [0.25, 0.3) is 10.0 Å². The number of rotatable bonds is 11. The summed E-state index contributed by atoms with van der Waals surface area (Å²) >= 11 is 6.38. The predicted molar refractivity (Wildman–Crippen MR) is 147 cm³/mol. The van der Waals surface area contributed by atoms with Crippen LogP contribution in [0.5, 0.6) is 0 Å². The Bertz CT molecular complexity index is 1400. The van der Waals surface area contributed by atoms with Gasteiger partial charge >= 0.3 is 0 Å². The van der Waals surface area contributed by atoms with Crippen molar-refractivity contribution in [1.82, 2.24) is 10.2 Å². The summed E-state index contributed by atoms with van der Waals surface area (Å²) in [5, 5.41) is 5.01. The molecule has 1 aliphatic rings. The number of nitrogens with one attached hydrogen (secondary N) is 1. The van der Waals surface area contributed by atoms with Crippen molar-refractivity contribution in [2.45, 2.75) is 57.0 Å². The molecule has 1 atom stereocenters. The molecule has 0 radical (unpaired) electrons. The standard InChI is InChI=1S/C28H32ClN3O4S/c1-3-17-30-28(34)23(4-2)31(19-21-10-5-6-13-22(21)29)26(33)16-9-18-32-24-14-7-11-20-12-8-15-25(27(20)24)37(32,35)36/h5-8,10-15,23H,3-4,9,16-19H2,1-2H3,(H,30,34)/t23-/m1/s1.